The molecule has 0 atom stereocenters. The molecule has 1 aromatic rings. The molecule has 2 rings (SSSR count). The summed E-state index contributed by atoms with van der Waals surface area (Å²) in [5, 5.41) is 6.23. The molecular formula is C9H10FN3O. The Labute approximate surface area is 80.4 Å². The van der Waals surface area contributed by atoms with E-state index in [1.54, 1.807) is 0 Å². The second kappa shape index (κ2) is 3.61. The van der Waals surface area contributed by atoms with Crippen LogP contribution in [0.15, 0.2) is 24.3 Å². The third-order valence-electron chi connectivity index (χ3n) is 2.14. The van der Waals surface area contributed by atoms with E-state index < -0.39 is 0 Å². The number of rotatable bonds is 1. The second-order valence-electron chi connectivity index (χ2n) is 3.15. The molecule has 74 valence electrons. The number of hydrogen-bond acceptors (Lipinski definition) is 2. The van der Waals surface area contributed by atoms with Crippen molar-refractivity contribution in [3.05, 3.63) is 29.9 Å². The first-order valence-corrected chi connectivity index (χ1v) is 4.40. The first kappa shape index (κ1) is 8.93. The standard InChI is InChI=1S/C9H10FN3O/c10-8-2-1-3-13(6-8)9(14)7-4-11-12-5-7/h2,4-5H,1,3,6H2,(H,11,12). The van der Waals surface area contributed by atoms with Crippen LogP contribution in [0.2, 0.25) is 0 Å². The summed E-state index contributed by atoms with van der Waals surface area (Å²) in [6.45, 7) is 0.640. The Bertz CT molecular complexity index is 358. The van der Waals surface area contributed by atoms with Crippen LogP contribution in [0, 0.1) is 0 Å². The van der Waals surface area contributed by atoms with Gasteiger partial charge in [-0.25, -0.2) is 4.39 Å². The lowest BCUT2D eigenvalue weighted by Crippen LogP contribution is -2.34. The lowest BCUT2D eigenvalue weighted by atomic mass is 10.2. The molecule has 1 aromatic heterocycles. The van der Waals surface area contributed by atoms with Crippen LogP contribution in [-0.2, 0) is 0 Å². The lowest BCUT2D eigenvalue weighted by molar-refractivity contribution is 0.0755. The molecule has 14 heavy (non-hydrogen) atoms. The molecule has 1 N–H and O–H groups in total. The predicted molar refractivity (Wildman–Crippen MR) is 48.3 cm³/mol. The maximum Gasteiger partial charge on any atom is 0.257 e. The maximum atomic E-state index is 12.9. The summed E-state index contributed by atoms with van der Waals surface area (Å²) >= 11 is 0. The van der Waals surface area contributed by atoms with Crippen molar-refractivity contribution in [2.75, 3.05) is 13.1 Å². The van der Waals surface area contributed by atoms with Gasteiger partial charge in [0.2, 0.25) is 0 Å². The van der Waals surface area contributed by atoms with Crippen molar-refractivity contribution in [1.29, 1.82) is 0 Å². The van der Waals surface area contributed by atoms with Crippen molar-refractivity contribution in [2.45, 2.75) is 6.42 Å². The Morgan fingerprint density at radius 2 is 2.50 bits per heavy atom. The zero-order chi connectivity index (χ0) is 9.97. The van der Waals surface area contributed by atoms with E-state index in [1.807, 2.05) is 0 Å². The van der Waals surface area contributed by atoms with Gasteiger partial charge >= 0.3 is 0 Å². The Hall–Kier alpha value is -1.65. The summed E-state index contributed by atoms with van der Waals surface area (Å²) in [7, 11) is 0. The van der Waals surface area contributed by atoms with Crippen LogP contribution in [0.4, 0.5) is 4.39 Å². The largest absolute Gasteiger partial charge is 0.332 e. The molecule has 0 saturated heterocycles. The number of halogens is 1. The van der Waals surface area contributed by atoms with E-state index in [-0.39, 0.29) is 18.3 Å². The molecule has 0 aliphatic carbocycles. The smallest absolute Gasteiger partial charge is 0.257 e. The van der Waals surface area contributed by atoms with E-state index in [0.717, 1.165) is 0 Å². The summed E-state index contributed by atoms with van der Waals surface area (Å²) in [5.41, 5.74) is 0.472. The average Bonchev–Trinajstić information content (AvgIpc) is 2.69. The molecule has 0 bridgehead atoms. The van der Waals surface area contributed by atoms with E-state index in [4.69, 9.17) is 0 Å². The van der Waals surface area contributed by atoms with E-state index in [1.165, 1.54) is 23.4 Å². The third kappa shape index (κ3) is 1.66. The van der Waals surface area contributed by atoms with Gasteiger partial charge in [-0.1, -0.05) is 0 Å². The monoisotopic (exact) mass is 195 g/mol. The highest BCUT2D eigenvalue weighted by Crippen LogP contribution is 2.13. The van der Waals surface area contributed by atoms with E-state index in [2.05, 4.69) is 10.2 Å². The molecule has 0 saturated carbocycles. The fourth-order valence-electron chi connectivity index (χ4n) is 1.43. The summed E-state index contributed by atoms with van der Waals surface area (Å²) in [5.74, 6) is -0.421. The minimum absolute atomic E-state index is 0.0734. The lowest BCUT2D eigenvalue weighted by Gasteiger charge is -2.23. The SMILES string of the molecule is O=C(c1cn[nH]c1)N1CCC=C(F)C1. The minimum atomic E-state index is -0.243. The molecule has 0 radical (unpaired) electrons. The number of hydrogen-bond donors (Lipinski definition) is 1. The van der Waals surface area contributed by atoms with Gasteiger partial charge in [0.25, 0.3) is 5.91 Å². The van der Waals surface area contributed by atoms with Crippen LogP contribution in [0.25, 0.3) is 0 Å². The van der Waals surface area contributed by atoms with Crippen LogP contribution in [-0.4, -0.2) is 34.1 Å². The topological polar surface area (TPSA) is 49.0 Å². The summed E-state index contributed by atoms with van der Waals surface area (Å²) in [6, 6.07) is 0. The summed E-state index contributed by atoms with van der Waals surface area (Å²) in [6.07, 6.45) is 5.05. The van der Waals surface area contributed by atoms with Gasteiger partial charge in [0.1, 0.15) is 5.83 Å². The number of carbonyl (C=O) groups excluding carboxylic acids is 1. The fourth-order valence-corrected chi connectivity index (χ4v) is 1.43. The first-order valence-electron chi connectivity index (χ1n) is 4.40. The number of nitrogens with zero attached hydrogens (tertiary/aromatic N) is 2. The van der Waals surface area contributed by atoms with Crippen molar-refractivity contribution >= 4 is 5.91 Å². The Morgan fingerprint density at radius 1 is 1.64 bits per heavy atom. The molecule has 2 heterocycles. The number of aromatic amines is 1. The van der Waals surface area contributed by atoms with Gasteiger partial charge in [-0.3, -0.25) is 9.89 Å². The molecule has 1 aliphatic rings. The van der Waals surface area contributed by atoms with Crippen LogP contribution in [0.1, 0.15) is 16.8 Å². The van der Waals surface area contributed by atoms with Gasteiger partial charge in [-0.15, -0.1) is 0 Å². The van der Waals surface area contributed by atoms with E-state index >= 15 is 0 Å². The number of amides is 1. The summed E-state index contributed by atoms with van der Waals surface area (Å²) < 4.78 is 12.9. The molecule has 5 heteroatoms. The molecule has 0 fully saturated rings. The fraction of sp³-hybridized carbons (Fsp3) is 0.333. The van der Waals surface area contributed by atoms with Crippen molar-refractivity contribution in [1.82, 2.24) is 15.1 Å². The van der Waals surface area contributed by atoms with Crippen LogP contribution < -0.4 is 0 Å². The second-order valence-corrected chi connectivity index (χ2v) is 3.15. The van der Waals surface area contributed by atoms with Crippen molar-refractivity contribution < 1.29 is 9.18 Å². The zero-order valence-corrected chi connectivity index (χ0v) is 7.53. The highest BCUT2D eigenvalue weighted by Gasteiger charge is 2.19. The van der Waals surface area contributed by atoms with Gasteiger partial charge in [-0.2, -0.15) is 5.10 Å². The number of aromatic nitrogens is 2. The molecule has 0 unspecified atom stereocenters. The van der Waals surface area contributed by atoms with Gasteiger partial charge in [0, 0.05) is 12.7 Å². The van der Waals surface area contributed by atoms with Crippen LogP contribution in [0.5, 0.6) is 0 Å². The Kier molecular flexibility index (Phi) is 2.30. The third-order valence-corrected chi connectivity index (χ3v) is 2.14. The minimum Gasteiger partial charge on any atom is -0.332 e. The van der Waals surface area contributed by atoms with Crippen molar-refractivity contribution in [3.8, 4) is 0 Å². The summed E-state index contributed by atoms with van der Waals surface area (Å²) in [4.78, 5) is 13.2. The predicted octanol–water partition coefficient (Wildman–Crippen LogP) is 1.11. The molecule has 0 aromatic carbocycles. The molecular weight excluding hydrogens is 185 g/mol. The average molecular weight is 195 g/mol. The normalized spacial score (nSPS) is 16.6. The van der Waals surface area contributed by atoms with E-state index in [0.29, 0.717) is 18.5 Å². The highest BCUT2D eigenvalue weighted by atomic mass is 19.1. The molecule has 0 spiro atoms. The Morgan fingerprint density at radius 3 is 3.14 bits per heavy atom. The van der Waals surface area contributed by atoms with Crippen LogP contribution in [0.3, 0.4) is 0 Å². The number of H-pyrrole nitrogens is 1. The zero-order valence-electron chi connectivity index (χ0n) is 7.53. The van der Waals surface area contributed by atoms with Crippen LogP contribution >= 0.6 is 0 Å². The number of carbonyl (C=O) groups is 1. The van der Waals surface area contributed by atoms with Gasteiger partial charge in [-0.05, 0) is 12.5 Å². The van der Waals surface area contributed by atoms with Crippen molar-refractivity contribution in [3.63, 3.8) is 0 Å². The molecule has 4 nitrogen and oxygen atoms in total. The number of nitrogens with one attached hydrogen (secondary N) is 1. The maximum absolute atomic E-state index is 12.9. The molecule has 1 aliphatic heterocycles. The highest BCUT2D eigenvalue weighted by molar-refractivity contribution is 5.93. The molecule has 1 amide bonds. The van der Waals surface area contributed by atoms with Gasteiger partial charge < -0.3 is 4.90 Å². The first-order chi connectivity index (χ1) is 6.77. The van der Waals surface area contributed by atoms with E-state index in [9.17, 15) is 9.18 Å². The van der Waals surface area contributed by atoms with Gasteiger partial charge in [0.15, 0.2) is 0 Å². The quantitative estimate of drug-likeness (QED) is 0.729. The van der Waals surface area contributed by atoms with Gasteiger partial charge in [0.05, 0.1) is 18.3 Å². The Balaban J connectivity index is 2.10. The van der Waals surface area contributed by atoms with Crippen molar-refractivity contribution in [2.24, 2.45) is 0 Å².